The van der Waals surface area contributed by atoms with Gasteiger partial charge in [-0.1, -0.05) is 18.2 Å². The standard InChI is InChI=1S/C19H25NO10S/c1-17(2)27-13-10-24-19(15(14(13)28-17)29-18(3,4)30-19)11-25-31(22,23)20-16(21)26-12-8-6-5-7-9-12/h5-9,13-15H,10-11H2,1-4H3,(H,20,21)/t13-,14-,15+,19+/m1/s1. The van der Waals surface area contributed by atoms with Crippen LogP contribution < -0.4 is 9.46 Å². The quantitative estimate of drug-likeness (QED) is 0.691. The lowest BCUT2D eigenvalue weighted by Gasteiger charge is -2.40. The Labute approximate surface area is 180 Å². The van der Waals surface area contributed by atoms with Gasteiger partial charge in [0.15, 0.2) is 11.6 Å². The predicted molar refractivity (Wildman–Crippen MR) is 103 cm³/mol. The zero-order chi connectivity index (χ0) is 22.5. The van der Waals surface area contributed by atoms with Gasteiger partial charge in [0.05, 0.1) is 6.61 Å². The average molecular weight is 459 g/mol. The summed E-state index contributed by atoms with van der Waals surface area (Å²) in [6.45, 7) is 6.35. The number of fused-ring (bicyclic) bond motifs is 3. The molecule has 0 aromatic heterocycles. The zero-order valence-corrected chi connectivity index (χ0v) is 18.3. The van der Waals surface area contributed by atoms with Crippen LogP contribution in [0.4, 0.5) is 4.79 Å². The number of benzene rings is 1. The first-order valence-electron chi connectivity index (χ1n) is 9.70. The zero-order valence-electron chi connectivity index (χ0n) is 17.5. The van der Waals surface area contributed by atoms with Gasteiger partial charge in [-0.3, -0.25) is 0 Å². The molecule has 1 aromatic carbocycles. The molecule has 0 spiro atoms. The molecule has 12 heteroatoms. The first-order chi connectivity index (χ1) is 14.4. The van der Waals surface area contributed by atoms with E-state index < -0.39 is 58.7 Å². The van der Waals surface area contributed by atoms with Crippen LogP contribution in [-0.2, 0) is 38.2 Å². The first-order valence-corrected chi connectivity index (χ1v) is 11.1. The SMILES string of the molecule is CC1(C)O[C@@H]2[C@@H](CO[C@@]3(COS(=O)(=O)NC(=O)Oc4ccccc4)OC(C)(C)O[C@@H]23)O1. The number of hydrogen-bond donors (Lipinski definition) is 1. The third-order valence-electron chi connectivity index (χ3n) is 4.85. The van der Waals surface area contributed by atoms with Crippen LogP contribution in [0, 0.1) is 0 Å². The number of ether oxygens (including phenoxy) is 6. The van der Waals surface area contributed by atoms with E-state index in [1.165, 1.54) is 12.1 Å². The summed E-state index contributed by atoms with van der Waals surface area (Å²) in [6.07, 6.45) is -3.02. The van der Waals surface area contributed by atoms with Crippen LogP contribution in [0.2, 0.25) is 0 Å². The molecule has 1 N–H and O–H groups in total. The molecule has 3 aliphatic rings. The Morgan fingerprint density at radius 1 is 1.10 bits per heavy atom. The second-order valence-corrected chi connectivity index (χ2v) is 9.67. The van der Waals surface area contributed by atoms with Crippen molar-refractivity contribution in [3.63, 3.8) is 0 Å². The summed E-state index contributed by atoms with van der Waals surface area (Å²) in [5.41, 5.74) is 0. The molecule has 0 aliphatic carbocycles. The molecule has 0 unspecified atom stereocenters. The van der Waals surface area contributed by atoms with E-state index in [1.807, 2.05) is 0 Å². The lowest BCUT2D eigenvalue weighted by atomic mass is 9.98. The highest BCUT2D eigenvalue weighted by molar-refractivity contribution is 7.85. The van der Waals surface area contributed by atoms with E-state index in [0.29, 0.717) is 0 Å². The maximum absolute atomic E-state index is 12.3. The Bertz CT molecular complexity index is 934. The van der Waals surface area contributed by atoms with Gasteiger partial charge in [-0.15, -0.1) is 0 Å². The fourth-order valence-electron chi connectivity index (χ4n) is 3.86. The fourth-order valence-corrected chi connectivity index (χ4v) is 4.48. The van der Waals surface area contributed by atoms with Gasteiger partial charge in [-0.2, -0.15) is 13.1 Å². The van der Waals surface area contributed by atoms with Crippen LogP contribution in [0.15, 0.2) is 30.3 Å². The summed E-state index contributed by atoms with van der Waals surface area (Å²) in [7, 11) is -4.54. The fraction of sp³-hybridized carbons (Fsp3) is 0.632. The maximum atomic E-state index is 12.3. The molecule has 3 heterocycles. The minimum Gasteiger partial charge on any atom is -0.410 e. The minimum absolute atomic E-state index is 0.0803. The largest absolute Gasteiger partial charge is 0.428 e. The van der Waals surface area contributed by atoms with Gasteiger partial charge < -0.3 is 28.4 Å². The summed E-state index contributed by atoms with van der Waals surface area (Å²) >= 11 is 0. The molecule has 3 aliphatic heterocycles. The van der Waals surface area contributed by atoms with Crippen molar-refractivity contribution in [2.24, 2.45) is 0 Å². The van der Waals surface area contributed by atoms with E-state index in [9.17, 15) is 13.2 Å². The van der Waals surface area contributed by atoms with Crippen LogP contribution in [0.3, 0.4) is 0 Å². The molecule has 31 heavy (non-hydrogen) atoms. The van der Waals surface area contributed by atoms with Crippen molar-refractivity contribution in [2.75, 3.05) is 13.2 Å². The predicted octanol–water partition coefficient (Wildman–Crippen LogP) is 1.43. The molecule has 3 fully saturated rings. The van der Waals surface area contributed by atoms with Gasteiger partial charge in [0.25, 0.3) is 0 Å². The van der Waals surface area contributed by atoms with Crippen molar-refractivity contribution in [2.45, 2.75) is 63.4 Å². The third kappa shape index (κ3) is 4.85. The number of nitrogens with one attached hydrogen (secondary N) is 1. The van der Waals surface area contributed by atoms with E-state index in [4.69, 9.17) is 32.6 Å². The van der Waals surface area contributed by atoms with E-state index in [2.05, 4.69) is 0 Å². The van der Waals surface area contributed by atoms with E-state index in [0.717, 1.165) is 0 Å². The molecule has 1 amide bonds. The summed E-state index contributed by atoms with van der Waals surface area (Å²) in [5, 5.41) is 0. The number of rotatable bonds is 5. The Kier molecular flexibility index (Phi) is 5.53. The summed E-state index contributed by atoms with van der Waals surface area (Å²) in [4.78, 5) is 11.9. The van der Waals surface area contributed by atoms with Crippen molar-refractivity contribution >= 4 is 16.4 Å². The molecule has 0 radical (unpaired) electrons. The van der Waals surface area contributed by atoms with E-state index in [1.54, 1.807) is 50.6 Å². The topological polar surface area (TPSA) is 128 Å². The summed E-state index contributed by atoms with van der Waals surface area (Å²) in [6, 6.07) is 7.99. The van der Waals surface area contributed by atoms with Gasteiger partial charge >= 0.3 is 16.4 Å². The minimum atomic E-state index is -4.54. The van der Waals surface area contributed by atoms with E-state index >= 15 is 0 Å². The highest BCUT2D eigenvalue weighted by Gasteiger charge is 2.65. The van der Waals surface area contributed by atoms with Crippen LogP contribution in [0.1, 0.15) is 27.7 Å². The van der Waals surface area contributed by atoms with Crippen LogP contribution in [0.5, 0.6) is 5.75 Å². The highest BCUT2D eigenvalue weighted by Crippen LogP contribution is 2.47. The van der Waals surface area contributed by atoms with Crippen molar-refractivity contribution in [3.8, 4) is 5.75 Å². The van der Waals surface area contributed by atoms with Crippen LogP contribution >= 0.6 is 0 Å². The smallest absolute Gasteiger partial charge is 0.410 e. The van der Waals surface area contributed by atoms with E-state index in [-0.39, 0.29) is 12.4 Å². The number of hydrogen-bond acceptors (Lipinski definition) is 10. The van der Waals surface area contributed by atoms with Gasteiger partial charge in [0, 0.05) is 0 Å². The Morgan fingerprint density at radius 3 is 2.52 bits per heavy atom. The van der Waals surface area contributed by atoms with Crippen molar-refractivity contribution < 1.29 is 45.8 Å². The Balaban J connectivity index is 1.44. The molecule has 172 valence electrons. The lowest BCUT2D eigenvalue weighted by Crippen LogP contribution is -2.60. The Morgan fingerprint density at radius 2 is 1.81 bits per heavy atom. The average Bonchev–Trinajstić information content (AvgIpc) is 3.12. The molecule has 1 aromatic rings. The summed E-state index contributed by atoms with van der Waals surface area (Å²) in [5.74, 6) is -3.36. The van der Waals surface area contributed by atoms with Crippen molar-refractivity contribution in [1.82, 2.24) is 4.72 Å². The van der Waals surface area contributed by atoms with Crippen LogP contribution in [0.25, 0.3) is 0 Å². The van der Waals surface area contributed by atoms with Gasteiger partial charge in [0.1, 0.15) is 30.7 Å². The lowest BCUT2D eigenvalue weighted by molar-refractivity contribution is -0.290. The number of amides is 1. The van der Waals surface area contributed by atoms with Crippen molar-refractivity contribution in [3.05, 3.63) is 30.3 Å². The second-order valence-electron chi connectivity index (χ2n) is 8.32. The normalized spacial score (nSPS) is 33.4. The van der Waals surface area contributed by atoms with Gasteiger partial charge in [-0.25, -0.2) is 8.98 Å². The van der Waals surface area contributed by atoms with Gasteiger partial charge in [-0.05, 0) is 39.8 Å². The summed E-state index contributed by atoms with van der Waals surface area (Å²) < 4.78 is 65.7. The number of carbonyl (C=O) groups is 1. The number of para-hydroxylation sites is 1. The second kappa shape index (κ2) is 7.66. The third-order valence-corrected chi connectivity index (χ3v) is 5.70. The molecule has 4 rings (SSSR count). The monoisotopic (exact) mass is 459 g/mol. The molecule has 3 saturated heterocycles. The van der Waals surface area contributed by atoms with Crippen molar-refractivity contribution in [1.29, 1.82) is 0 Å². The molecular weight excluding hydrogens is 434 g/mol. The molecule has 0 bridgehead atoms. The first kappa shape index (κ1) is 22.4. The Hall–Kier alpha value is -1.80. The molecular formula is C19H25NO10S. The molecule has 11 nitrogen and oxygen atoms in total. The molecule has 4 atom stereocenters. The molecule has 0 saturated carbocycles. The number of carbonyl (C=O) groups excluding carboxylic acids is 1. The maximum Gasteiger partial charge on any atom is 0.428 e. The highest BCUT2D eigenvalue weighted by atomic mass is 32.2. The van der Waals surface area contributed by atoms with Crippen LogP contribution in [-0.4, -0.2) is 63.4 Å². The van der Waals surface area contributed by atoms with Gasteiger partial charge in [0.2, 0.25) is 5.79 Å².